The highest BCUT2D eigenvalue weighted by atomic mass is 16.4. The molecule has 0 aromatic heterocycles. The van der Waals surface area contributed by atoms with Crippen LogP contribution in [-0.2, 0) is 9.59 Å². The van der Waals surface area contributed by atoms with Crippen molar-refractivity contribution in [2.75, 3.05) is 13.1 Å². The van der Waals surface area contributed by atoms with E-state index in [2.05, 4.69) is 5.32 Å². The fraction of sp³-hybridized carbons (Fsp3) is 0.750. The highest BCUT2D eigenvalue weighted by Crippen LogP contribution is 1.94. The Balaban J connectivity index is 3.48. The highest BCUT2D eigenvalue weighted by Gasteiger charge is 2.12. The maximum absolute atomic E-state index is 11.0. The predicted molar refractivity (Wildman–Crippen MR) is 51.5 cm³/mol. The Morgan fingerprint density at radius 3 is 2.57 bits per heavy atom. The molecule has 0 aromatic rings. The summed E-state index contributed by atoms with van der Waals surface area (Å²) < 4.78 is 0. The SMILES string of the molecule is NCCCNC(=O)CCC(N)C(=O)O. The average Bonchev–Trinajstić information content (AvgIpc) is 2.14. The molecule has 0 aliphatic heterocycles. The van der Waals surface area contributed by atoms with E-state index >= 15 is 0 Å². The van der Waals surface area contributed by atoms with E-state index in [9.17, 15) is 9.59 Å². The number of carbonyl (C=O) groups excluding carboxylic acids is 1. The number of hydrogen-bond donors (Lipinski definition) is 4. The summed E-state index contributed by atoms with van der Waals surface area (Å²) in [6.45, 7) is 1.05. The Morgan fingerprint density at radius 2 is 2.07 bits per heavy atom. The van der Waals surface area contributed by atoms with E-state index in [0.29, 0.717) is 13.1 Å². The summed E-state index contributed by atoms with van der Waals surface area (Å²) in [6.07, 6.45) is 1.01. The average molecular weight is 203 g/mol. The first-order valence-electron chi connectivity index (χ1n) is 4.53. The van der Waals surface area contributed by atoms with Gasteiger partial charge in [-0.05, 0) is 19.4 Å². The third kappa shape index (κ3) is 6.38. The monoisotopic (exact) mass is 203 g/mol. The Bertz CT molecular complexity index is 196. The zero-order valence-corrected chi connectivity index (χ0v) is 8.03. The Labute approximate surface area is 82.6 Å². The molecule has 6 nitrogen and oxygen atoms in total. The molecule has 1 atom stereocenters. The Kier molecular flexibility index (Phi) is 6.69. The molecular formula is C8H17N3O3. The summed E-state index contributed by atoms with van der Waals surface area (Å²) in [4.78, 5) is 21.3. The fourth-order valence-corrected chi connectivity index (χ4v) is 0.828. The van der Waals surface area contributed by atoms with Crippen LogP contribution in [0.2, 0.25) is 0 Å². The molecule has 82 valence electrons. The Morgan fingerprint density at radius 1 is 1.43 bits per heavy atom. The standard InChI is InChI=1S/C8H17N3O3/c9-4-1-5-11-7(12)3-2-6(10)8(13)14/h6H,1-5,9-10H2,(H,11,12)(H,13,14). The van der Waals surface area contributed by atoms with Crippen LogP contribution in [0.25, 0.3) is 0 Å². The van der Waals surface area contributed by atoms with Crippen molar-refractivity contribution in [2.24, 2.45) is 11.5 Å². The molecule has 0 aliphatic carbocycles. The van der Waals surface area contributed by atoms with Crippen molar-refractivity contribution in [3.05, 3.63) is 0 Å². The molecule has 0 fully saturated rings. The van der Waals surface area contributed by atoms with E-state index < -0.39 is 12.0 Å². The van der Waals surface area contributed by atoms with Crippen LogP contribution in [0.3, 0.4) is 0 Å². The lowest BCUT2D eigenvalue weighted by atomic mass is 10.1. The van der Waals surface area contributed by atoms with Gasteiger partial charge < -0.3 is 21.9 Å². The van der Waals surface area contributed by atoms with Gasteiger partial charge in [-0.25, -0.2) is 0 Å². The molecule has 0 heterocycles. The molecule has 0 aromatic carbocycles. The van der Waals surface area contributed by atoms with Crippen molar-refractivity contribution in [1.29, 1.82) is 0 Å². The summed E-state index contributed by atoms with van der Waals surface area (Å²) in [6, 6.07) is -0.963. The van der Waals surface area contributed by atoms with E-state index in [1.807, 2.05) is 0 Å². The van der Waals surface area contributed by atoms with Gasteiger partial charge in [0.2, 0.25) is 5.91 Å². The van der Waals surface area contributed by atoms with Gasteiger partial charge in [0.05, 0.1) is 0 Å². The zero-order chi connectivity index (χ0) is 11.0. The summed E-state index contributed by atoms with van der Waals surface area (Å²) >= 11 is 0. The van der Waals surface area contributed by atoms with Gasteiger partial charge in [0.15, 0.2) is 0 Å². The van der Waals surface area contributed by atoms with Crippen molar-refractivity contribution >= 4 is 11.9 Å². The lowest BCUT2D eigenvalue weighted by Gasteiger charge is -2.06. The minimum atomic E-state index is -1.08. The lowest BCUT2D eigenvalue weighted by molar-refractivity contribution is -0.138. The highest BCUT2D eigenvalue weighted by molar-refractivity contribution is 5.78. The lowest BCUT2D eigenvalue weighted by Crippen LogP contribution is -2.33. The molecule has 0 spiro atoms. The van der Waals surface area contributed by atoms with E-state index in [-0.39, 0.29) is 18.7 Å². The summed E-state index contributed by atoms with van der Waals surface area (Å²) in [5.41, 5.74) is 10.4. The number of nitrogens with one attached hydrogen (secondary N) is 1. The number of carboxylic acid groups (broad SMARTS) is 1. The van der Waals surface area contributed by atoms with Crippen LogP contribution in [-0.4, -0.2) is 36.1 Å². The number of aliphatic carboxylic acids is 1. The normalized spacial score (nSPS) is 12.1. The molecule has 0 rings (SSSR count). The molecule has 0 saturated heterocycles. The second-order valence-corrected chi connectivity index (χ2v) is 2.98. The fourth-order valence-electron chi connectivity index (χ4n) is 0.828. The van der Waals surface area contributed by atoms with Crippen molar-refractivity contribution in [3.63, 3.8) is 0 Å². The smallest absolute Gasteiger partial charge is 0.320 e. The molecule has 14 heavy (non-hydrogen) atoms. The summed E-state index contributed by atoms with van der Waals surface area (Å²) in [7, 11) is 0. The number of hydrogen-bond acceptors (Lipinski definition) is 4. The third-order valence-electron chi connectivity index (χ3n) is 1.70. The molecule has 1 amide bonds. The molecule has 1 unspecified atom stereocenters. The van der Waals surface area contributed by atoms with Crippen LogP contribution >= 0.6 is 0 Å². The first kappa shape index (κ1) is 12.9. The maximum atomic E-state index is 11.0. The van der Waals surface area contributed by atoms with E-state index in [0.717, 1.165) is 6.42 Å². The number of carbonyl (C=O) groups is 2. The topological polar surface area (TPSA) is 118 Å². The van der Waals surface area contributed by atoms with Crippen LogP contribution in [0, 0.1) is 0 Å². The van der Waals surface area contributed by atoms with Gasteiger partial charge >= 0.3 is 5.97 Å². The van der Waals surface area contributed by atoms with Gasteiger partial charge in [0.1, 0.15) is 6.04 Å². The van der Waals surface area contributed by atoms with E-state index in [1.54, 1.807) is 0 Å². The minimum Gasteiger partial charge on any atom is -0.480 e. The predicted octanol–water partition coefficient (Wildman–Crippen LogP) is -1.36. The second kappa shape index (κ2) is 7.28. The van der Waals surface area contributed by atoms with Gasteiger partial charge in [-0.15, -0.1) is 0 Å². The van der Waals surface area contributed by atoms with Gasteiger partial charge in [-0.2, -0.15) is 0 Å². The van der Waals surface area contributed by atoms with Crippen molar-refractivity contribution in [3.8, 4) is 0 Å². The van der Waals surface area contributed by atoms with Crippen LogP contribution in [0.5, 0.6) is 0 Å². The van der Waals surface area contributed by atoms with Crippen molar-refractivity contribution < 1.29 is 14.7 Å². The number of nitrogens with two attached hydrogens (primary N) is 2. The van der Waals surface area contributed by atoms with Crippen LogP contribution < -0.4 is 16.8 Å². The minimum absolute atomic E-state index is 0.137. The zero-order valence-electron chi connectivity index (χ0n) is 8.03. The van der Waals surface area contributed by atoms with Gasteiger partial charge in [-0.3, -0.25) is 9.59 Å². The maximum Gasteiger partial charge on any atom is 0.320 e. The van der Waals surface area contributed by atoms with Crippen LogP contribution in [0.4, 0.5) is 0 Å². The van der Waals surface area contributed by atoms with Gasteiger partial charge in [-0.1, -0.05) is 0 Å². The number of amides is 1. The molecular weight excluding hydrogens is 186 g/mol. The van der Waals surface area contributed by atoms with E-state index in [1.165, 1.54) is 0 Å². The number of carboxylic acids is 1. The molecule has 0 aliphatic rings. The first-order valence-corrected chi connectivity index (χ1v) is 4.53. The van der Waals surface area contributed by atoms with E-state index in [4.69, 9.17) is 16.6 Å². The third-order valence-corrected chi connectivity index (χ3v) is 1.70. The molecule has 6 N–H and O–H groups in total. The molecule has 0 bridgehead atoms. The second-order valence-electron chi connectivity index (χ2n) is 2.98. The van der Waals surface area contributed by atoms with Crippen molar-refractivity contribution in [2.45, 2.75) is 25.3 Å². The Hall–Kier alpha value is -1.14. The summed E-state index contributed by atoms with van der Waals surface area (Å²) in [5.74, 6) is -1.27. The van der Waals surface area contributed by atoms with Gasteiger partial charge in [0.25, 0.3) is 0 Å². The quantitative estimate of drug-likeness (QED) is 0.381. The largest absolute Gasteiger partial charge is 0.480 e. The molecule has 0 saturated carbocycles. The van der Waals surface area contributed by atoms with Crippen LogP contribution in [0.15, 0.2) is 0 Å². The van der Waals surface area contributed by atoms with Crippen molar-refractivity contribution in [1.82, 2.24) is 5.32 Å². The molecule has 0 radical (unpaired) electrons. The first-order chi connectivity index (χ1) is 6.57. The van der Waals surface area contributed by atoms with Crippen LogP contribution in [0.1, 0.15) is 19.3 Å². The molecule has 6 heteroatoms. The summed E-state index contributed by atoms with van der Waals surface area (Å²) in [5, 5.41) is 11.0. The van der Waals surface area contributed by atoms with Gasteiger partial charge in [0, 0.05) is 13.0 Å². The number of rotatable bonds is 7.